The highest BCUT2D eigenvalue weighted by atomic mass is 79.9. The van der Waals surface area contributed by atoms with Crippen molar-refractivity contribution >= 4 is 55.1 Å². The van der Waals surface area contributed by atoms with Gasteiger partial charge in [0.15, 0.2) is 0 Å². The SMILES string of the molecule is CC(C(=O)NC1CCCC1)N(Cc1cccc(Cl)c1)C(=O)CN(c1ccccc1Br)S(C)(=O)=O. The Bertz CT molecular complexity index is 1140. The molecule has 0 radical (unpaired) electrons. The van der Waals surface area contributed by atoms with E-state index in [4.69, 9.17) is 11.6 Å². The molecule has 0 saturated heterocycles. The number of rotatable bonds is 9. The van der Waals surface area contributed by atoms with E-state index in [0.717, 1.165) is 41.8 Å². The van der Waals surface area contributed by atoms with Gasteiger partial charge in [-0.25, -0.2) is 8.42 Å². The Labute approximate surface area is 214 Å². The third-order valence-corrected chi connectivity index (χ3v) is 7.94. The Balaban J connectivity index is 1.89. The van der Waals surface area contributed by atoms with Crippen LogP contribution in [0.3, 0.4) is 0 Å². The molecule has 3 rings (SSSR count). The number of nitrogens with one attached hydrogen (secondary N) is 1. The predicted molar refractivity (Wildman–Crippen MR) is 138 cm³/mol. The van der Waals surface area contributed by atoms with Crippen molar-refractivity contribution in [2.24, 2.45) is 0 Å². The topological polar surface area (TPSA) is 86.8 Å². The average molecular weight is 571 g/mol. The minimum Gasteiger partial charge on any atom is -0.352 e. The second kappa shape index (κ2) is 11.6. The molecule has 1 atom stereocenters. The molecule has 10 heteroatoms. The molecule has 1 saturated carbocycles. The van der Waals surface area contributed by atoms with Gasteiger partial charge in [-0.05, 0) is 65.5 Å². The van der Waals surface area contributed by atoms with E-state index in [2.05, 4.69) is 21.2 Å². The van der Waals surface area contributed by atoms with Gasteiger partial charge in [0.05, 0.1) is 11.9 Å². The number of anilines is 1. The third-order valence-electron chi connectivity index (χ3n) is 5.91. The van der Waals surface area contributed by atoms with E-state index in [9.17, 15) is 18.0 Å². The van der Waals surface area contributed by atoms with E-state index in [1.54, 1.807) is 49.4 Å². The highest BCUT2D eigenvalue weighted by Gasteiger charge is 2.31. The molecule has 0 bridgehead atoms. The maximum atomic E-state index is 13.5. The first kappa shape index (κ1) is 26.5. The lowest BCUT2D eigenvalue weighted by atomic mass is 10.1. The largest absolute Gasteiger partial charge is 0.352 e. The van der Waals surface area contributed by atoms with Crippen LogP contribution in [0, 0.1) is 0 Å². The Morgan fingerprint density at radius 2 is 1.82 bits per heavy atom. The normalized spacial score (nSPS) is 15.1. The fraction of sp³-hybridized carbons (Fsp3) is 0.417. The molecular formula is C24H29BrClN3O4S. The van der Waals surface area contributed by atoms with Gasteiger partial charge in [-0.3, -0.25) is 13.9 Å². The number of hydrogen-bond acceptors (Lipinski definition) is 4. The molecule has 0 spiro atoms. The highest BCUT2D eigenvalue weighted by Crippen LogP contribution is 2.28. The second-order valence-corrected chi connectivity index (χ2v) is 11.7. The maximum absolute atomic E-state index is 13.5. The molecular weight excluding hydrogens is 542 g/mol. The van der Waals surface area contributed by atoms with Crippen LogP contribution in [0.1, 0.15) is 38.2 Å². The summed E-state index contributed by atoms with van der Waals surface area (Å²) in [7, 11) is -3.78. The summed E-state index contributed by atoms with van der Waals surface area (Å²) in [5, 5.41) is 3.55. The van der Waals surface area contributed by atoms with E-state index < -0.39 is 28.5 Å². The summed E-state index contributed by atoms with van der Waals surface area (Å²) in [6.45, 7) is 1.34. The van der Waals surface area contributed by atoms with Crippen molar-refractivity contribution in [3.63, 3.8) is 0 Å². The monoisotopic (exact) mass is 569 g/mol. The Morgan fingerprint density at radius 1 is 1.15 bits per heavy atom. The van der Waals surface area contributed by atoms with Gasteiger partial charge in [0, 0.05) is 22.1 Å². The second-order valence-electron chi connectivity index (χ2n) is 8.54. The maximum Gasteiger partial charge on any atom is 0.244 e. The molecule has 2 amide bonds. The predicted octanol–water partition coefficient (Wildman–Crippen LogP) is 4.34. The van der Waals surface area contributed by atoms with Crippen molar-refractivity contribution < 1.29 is 18.0 Å². The number of sulfonamides is 1. The van der Waals surface area contributed by atoms with Crippen LogP contribution in [-0.4, -0.2) is 50.0 Å². The van der Waals surface area contributed by atoms with Crippen LogP contribution < -0.4 is 9.62 Å². The summed E-state index contributed by atoms with van der Waals surface area (Å²) in [5.74, 6) is -0.746. The lowest BCUT2D eigenvalue weighted by molar-refractivity contribution is -0.139. The Hall–Kier alpha value is -2.10. The van der Waals surface area contributed by atoms with Crippen molar-refractivity contribution in [1.82, 2.24) is 10.2 Å². The molecule has 1 unspecified atom stereocenters. The number of carbonyl (C=O) groups excluding carboxylic acids is 2. The molecule has 1 aliphatic rings. The zero-order valence-electron chi connectivity index (χ0n) is 19.2. The van der Waals surface area contributed by atoms with Gasteiger partial charge in [0.1, 0.15) is 12.6 Å². The first-order valence-electron chi connectivity index (χ1n) is 11.1. The highest BCUT2D eigenvalue weighted by molar-refractivity contribution is 9.10. The molecule has 1 aliphatic carbocycles. The first-order valence-corrected chi connectivity index (χ1v) is 14.1. The van der Waals surface area contributed by atoms with Gasteiger partial charge in [-0.15, -0.1) is 0 Å². The Morgan fingerprint density at radius 3 is 2.44 bits per heavy atom. The van der Waals surface area contributed by atoms with Gasteiger partial charge in [-0.2, -0.15) is 0 Å². The number of benzene rings is 2. The molecule has 0 heterocycles. The van der Waals surface area contributed by atoms with Crippen LogP contribution in [0.25, 0.3) is 0 Å². The lowest BCUT2D eigenvalue weighted by Gasteiger charge is -2.32. The van der Waals surface area contributed by atoms with E-state index in [1.807, 2.05) is 6.07 Å². The smallest absolute Gasteiger partial charge is 0.244 e. The quantitative estimate of drug-likeness (QED) is 0.486. The number of halogens is 2. The number of carbonyl (C=O) groups is 2. The van der Waals surface area contributed by atoms with Crippen molar-refractivity contribution in [2.75, 3.05) is 17.1 Å². The molecule has 1 fully saturated rings. The molecule has 0 aromatic heterocycles. The summed E-state index contributed by atoms with van der Waals surface area (Å²) in [5.41, 5.74) is 1.09. The van der Waals surface area contributed by atoms with Gasteiger partial charge < -0.3 is 10.2 Å². The van der Waals surface area contributed by atoms with Crippen LogP contribution in [0.2, 0.25) is 5.02 Å². The van der Waals surface area contributed by atoms with Crippen LogP contribution >= 0.6 is 27.5 Å². The molecule has 1 N–H and O–H groups in total. The third kappa shape index (κ3) is 6.96. The first-order chi connectivity index (χ1) is 16.1. The van der Waals surface area contributed by atoms with Crippen molar-refractivity contribution in [3.05, 3.63) is 63.6 Å². The minimum absolute atomic E-state index is 0.103. The fourth-order valence-corrected chi connectivity index (χ4v) is 5.75. The molecule has 2 aromatic carbocycles. The molecule has 2 aromatic rings. The summed E-state index contributed by atoms with van der Waals surface area (Å²) >= 11 is 9.50. The van der Waals surface area contributed by atoms with E-state index in [0.29, 0.717) is 15.2 Å². The molecule has 34 heavy (non-hydrogen) atoms. The summed E-state index contributed by atoms with van der Waals surface area (Å²) in [6.07, 6.45) is 5.03. The molecule has 0 aliphatic heterocycles. The zero-order chi connectivity index (χ0) is 24.9. The molecule has 184 valence electrons. The summed E-state index contributed by atoms with van der Waals surface area (Å²) in [6, 6.07) is 13.1. The average Bonchev–Trinajstić information content (AvgIpc) is 3.28. The fourth-order valence-electron chi connectivity index (χ4n) is 4.06. The van der Waals surface area contributed by atoms with Crippen molar-refractivity contribution in [2.45, 2.75) is 51.2 Å². The van der Waals surface area contributed by atoms with Gasteiger partial charge >= 0.3 is 0 Å². The Kier molecular flexibility index (Phi) is 9.01. The van der Waals surface area contributed by atoms with E-state index in [-0.39, 0.29) is 18.5 Å². The van der Waals surface area contributed by atoms with Crippen molar-refractivity contribution in [1.29, 1.82) is 0 Å². The van der Waals surface area contributed by atoms with Gasteiger partial charge in [0.2, 0.25) is 21.8 Å². The number of hydrogen-bond donors (Lipinski definition) is 1. The van der Waals surface area contributed by atoms with Crippen LogP contribution in [0.5, 0.6) is 0 Å². The van der Waals surface area contributed by atoms with Crippen LogP contribution in [-0.2, 0) is 26.2 Å². The zero-order valence-corrected chi connectivity index (χ0v) is 22.4. The van der Waals surface area contributed by atoms with E-state index >= 15 is 0 Å². The summed E-state index contributed by atoms with van der Waals surface area (Å²) in [4.78, 5) is 28.0. The van der Waals surface area contributed by atoms with Crippen LogP contribution in [0.4, 0.5) is 5.69 Å². The van der Waals surface area contributed by atoms with E-state index in [1.165, 1.54) is 4.90 Å². The van der Waals surface area contributed by atoms with Gasteiger partial charge in [0.25, 0.3) is 0 Å². The minimum atomic E-state index is -3.78. The number of nitrogens with zero attached hydrogens (tertiary/aromatic N) is 2. The van der Waals surface area contributed by atoms with Crippen LogP contribution in [0.15, 0.2) is 53.0 Å². The van der Waals surface area contributed by atoms with Crippen molar-refractivity contribution in [3.8, 4) is 0 Å². The summed E-state index contributed by atoms with van der Waals surface area (Å²) < 4.78 is 26.8. The number of para-hydroxylation sites is 1. The van der Waals surface area contributed by atoms with Gasteiger partial charge in [-0.1, -0.05) is 48.7 Å². The molecule has 7 nitrogen and oxygen atoms in total. The number of amides is 2. The lowest BCUT2D eigenvalue weighted by Crippen LogP contribution is -2.52. The standard InChI is InChI=1S/C24H29BrClN3O4S/c1-17(24(31)27-20-10-3-4-11-20)28(15-18-8-7-9-19(26)14-18)23(30)16-29(34(2,32)33)22-13-6-5-12-21(22)25/h5-9,12-14,17,20H,3-4,10-11,15-16H2,1-2H3,(H,27,31).